The van der Waals surface area contributed by atoms with Crippen LogP contribution >= 0.6 is 15.9 Å². The summed E-state index contributed by atoms with van der Waals surface area (Å²) in [7, 11) is 0. The van der Waals surface area contributed by atoms with Crippen molar-refractivity contribution in [3.05, 3.63) is 58.1 Å². The molecule has 2 aromatic rings. The van der Waals surface area contributed by atoms with Crippen molar-refractivity contribution in [2.45, 2.75) is 25.0 Å². The number of nitrogens with two attached hydrogens (primary N) is 1. The average molecular weight is 529 g/mol. The Morgan fingerprint density at radius 1 is 1.15 bits per heavy atom. The molecule has 11 heteroatoms. The zero-order valence-electron chi connectivity index (χ0n) is 17.2. The summed E-state index contributed by atoms with van der Waals surface area (Å²) in [5.41, 5.74) is 6.28. The van der Waals surface area contributed by atoms with Crippen molar-refractivity contribution in [1.29, 1.82) is 0 Å². The highest BCUT2D eigenvalue weighted by molar-refractivity contribution is 9.10. The zero-order valence-corrected chi connectivity index (χ0v) is 18.8. The molecule has 2 aliphatic rings. The molecule has 0 saturated carbocycles. The van der Waals surface area contributed by atoms with Gasteiger partial charge in [-0.25, -0.2) is 0 Å². The average Bonchev–Trinajstić information content (AvgIpc) is 2.96. The van der Waals surface area contributed by atoms with Gasteiger partial charge in [-0.3, -0.25) is 9.59 Å². The minimum absolute atomic E-state index is 0.0375. The van der Waals surface area contributed by atoms with E-state index in [1.807, 2.05) is 0 Å². The molecule has 2 aliphatic heterocycles. The van der Waals surface area contributed by atoms with Crippen molar-refractivity contribution in [1.82, 2.24) is 4.90 Å². The summed E-state index contributed by atoms with van der Waals surface area (Å²) in [5.74, 6) is -0.859. The van der Waals surface area contributed by atoms with Crippen LogP contribution in [0.3, 0.4) is 0 Å². The van der Waals surface area contributed by atoms with E-state index in [0.717, 1.165) is 0 Å². The zero-order chi connectivity index (χ0) is 23.8. The summed E-state index contributed by atoms with van der Waals surface area (Å²) < 4.78 is 53.3. The Morgan fingerprint density at radius 2 is 1.88 bits per heavy atom. The van der Waals surface area contributed by atoms with E-state index < -0.39 is 12.3 Å². The van der Waals surface area contributed by atoms with Crippen LogP contribution in [0.5, 0.6) is 11.5 Å². The van der Waals surface area contributed by atoms with Gasteiger partial charge in [0.05, 0.1) is 25.1 Å². The number of halogens is 4. The molecular formula is C22H20BrF3N2O5. The summed E-state index contributed by atoms with van der Waals surface area (Å²) in [6.07, 6.45) is -5.44. The third-order valence-corrected chi connectivity index (χ3v) is 6.04. The number of ether oxygens (including phenoxy) is 3. The number of alkyl halides is 3. The maximum absolute atomic E-state index is 12.8. The van der Waals surface area contributed by atoms with E-state index in [1.165, 1.54) is 24.3 Å². The Hall–Kier alpha value is -2.79. The lowest BCUT2D eigenvalue weighted by Gasteiger charge is -2.36. The number of hydrogen-bond donors (Lipinski definition) is 1. The van der Waals surface area contributed by atoms with E-state index >= 15 is 0 Å². The molecule has 2 amide bonds. The van der Waals surface area contributed by atoms with Gasteiger partial charge in [0, 0.05) is 16.9 Å². The van der Waals surface area contributed by atoms with Crippen LogP contribution in [-0.2, 0) is 16.0 Å². The first-order chi connectivity index (χ1) is 15.6. The monoisotopic (exact) mass is 528 g/mol. The van der Waals surface area contributed by atoms with E-state index in [9.17, 15) is 22.8 Å². The summed E-state index contributed by atoms with van der Waals surface area (Å²) in [6.45, 7) is 1.11. The molecule has 176 valence electrons. The number of likely N-dealkylation sites (tertiary alicyclic amines) is 1. The second-order valence-electron chi connectivity index (χ2n) is 7.89. The number of amides is 2. The number of hydrogen-bond acceptors (Lipinski definition) is 5. The second-order valence-corrected chi connectivity index (χ2v) is 8.80. The van der Waals surface area contributed by atoms with Crippen LogP contribution in [-0.4, -0.2) is 55.0 Å². The fourth-order valence-corrected chi connectivity index (χ4v) is 4.40. The molecule has 2 N–H and O–H groups in total. The molecular weight excluding hydrogens is 509 g/mol. The van der Waals surface area contributed by atoms with Crippen LogP contribution in [0, 0.1) is 5.92 Å². The molecule has 7 nitrogen and oxygen atoms in total. The summed E-state index contributed by atoms with van der Waals surface area (Å²) in [5, 5.41) is 0. The molecule has 2 fully saturated rings. The predicted octanol–water partition coefficient (Wildman–Crippen LogP) is 3.29. The summed E-state index contributed by atoms with van der Waals surface area (Å²) >= 11 is 3.30. The minimum Gasteiger partial charge on any atom is -0.486 e. The van der Waals surface area contributed by atoms with Gasteiger partial charge in [-0.2, -0.15) is 0 Å². The van der Waals surface area contributed by atoms with E-state index in [4.69, 9.17) is 15.2 Å². The van der Waals surface area contributed by atoms with Gasteiger partial charge in [0.15, 0.2) is 0 Å². The van der Waals surface area contributed by atoms with Gasteiger partial charge < -0.3 is 24.8 Å². The molecule has 4 rings (SSSR count). The van der Waals surface area contributed by atoms with Crippen molar-refractivity contribution < 1.29 is 37.0 Å². The Balaban J connectivity index is 1.38. The first-order valence-electron chi connectivity index (χ1n) is 10.1. The van der Waals surface area contributed by atoms with Crippen molar-refractivity contribution in [2.24, 2.45) is 11.7 Å². The lowest BCUT2D eigenvalue weighted by Crippen LogP contribution is -2.52. The van der Waals surface area contributed by atoms with Crippen molar-refractivity contribution in [2.75, 3.05) is 19.7 Å². The lowest BCUT2D eigenvalue weighted by molar-refractivity contribution is -0.274. The molecule has 2 saturated heterocycles. The first kappa shape index (κ1) is 23.4. The lowest BCUT2D eigenvalue weighted by atomic mass is 9.95. The third kappa shape index (κ3) is 5.59. The number of rotatable bonds is 6. The third-order valence-electron chi connectivity index (χ3n) is 5.55. The van der Waals surface area contributed by atoms with Gasteiger partial charge in [-0.15, -0.1) is 13.2 Å². The van der Waals surface area contributed by atoms with E-state index in [1.54, 1.807) is 23.1 Å². The van der Waals surface area contributed by atoms with Crippen LogP contribution in [0.25, 0.3) is 0 Å². The van der Waals surface area contributed by atoms with Crippen LogP contribution in [0.1, 0.15) is 15.9 Å². The standard InChI is InChI=1S/C22H20BrF3N2O5/c23-14-3-6-17(16(8-14)21(27)30)32-20-13-9-28(10-18(20)31-11-13)19(29)7-12-1-4-15(5-2-12)33-22(24,25)26/h1-6,8,13,18,20H,7,9-11H2,(H2,27,30)/t13-,18-,20?/m0/s1. The number of carbonyl (C=O) groups is 2. The quantitative estimate of drug-likeness (QED) is 0.621. The maximum atomic E-state index is 12.8. The molecule has 2 aromatic carbocycles. The molecule has 1 unspecified atom stereocenters. The van der Waals surface area contributed by atoms with Gasteiger partial charge in [0.2, 0.25) is 5.91 Å². The highest BCUT2D eigenvalue weighted by Crippen LogP contribution is 2.34. The Morgan fingerprint density at radius 3 is 2.52 bits per heavy atom. The molecule has 33 heavy (non-hydrogen) atoms. The normalized spacial score (nSPS) is 22.2. The molecule has 3 atom stereocenters. The highest BCUT2D eigenvalue weighted by Gasteiger charge is 2.46. The number of nitrogens with zero attached hydrogens (tertiary/aromatic N) is 1. The predicted molar refractivity (Wildman–Crippen MR) is 114 cm³/mol. The second kappa shape index (κ2) is 9.22. The largest absolute Gasteiger partial charge is 0.573 e. The number of benzene rings is 2. The van der Waals surface area contributed by atoms with Crippen molar-refractivity contribution in [3.63, 3.8) is 0 Å². The fraction of sp³-hybridized carbons (Fsp3) is 0.364. The topological polar surface area (TPSA) is 91.1 Å². The minimum atomic E-state index is -4.77. The van der Waals surface area contributed by atoms with E-state index in [2.05, 4.69) is 20.7 Å². The Labute approximate surface area is 195 Å². The SMILES string of the molecule is NC(=O)c1cc(Br)ccc1OC1[C@@H]2CO[C@H]1CN(C(=O)Cc1ccc(OC(F)(F)F)cc1)C2. The van der Waals surface area contributed by atoms with Crippen LogP contribution in [0.2, 0.25) is 0 Å². The van der Waals surface area contributed by atoms with Gasteiger partial charge in [-0.1, -0.05) is 28.1 Å². The van der Waals surface area contributed by atoms with Crippen molar-refractivity contribution >= 4 is 27.7 Å². The molecule has 0 radical (unpaired) electrons. The van der Waals surface area contributed by atoms with E-state index in [-0.39, 0.29) is 41.8 Å². The fourth-order valence-electron chi connectivity index (χ4n) is 4.04. The van der Waals surface area contributed by atoms with Gasteiger partial charge in [0.1, 0.15) is 23.7 Å². The van der Waals surface area contributed by atoms with Crippen molar-refractivity contribution in [3.8, 4) is 11.5 Å². The number of fused-ring (bicyclic) bond motifs is 2. The molecule has 0 aromatic heterocycles. The molecule has 2 heterocycles. The highest BCUT2D eigenvalue weighted by atomic mass is 79.9. The maximum Gasteiger partial charge on any atom is 0.573 e. The number of primary amides is 1. The van der Waals surface area contributed by atoms with Crippen LogP contribution in [0.15, 0.2) is 46.9 Å². The molecule has 0 aliphatic carbocycles. The summed E-state index contributed by atoms with van der Waals surface area (Å²) in [4.78, 5) is 26.2. The van der Waals surface area contributed by atoms with Crippen LogP contribution in [0.4, 0.5) is 13.2 Å². The molecule has 2 bridgehead atoms. The van der Waals surface area contributed by atoms with E-state index in [0.29, 0.717) is 35.5 Å². The molecule has 0 spiro atoms. The smallest absolute Gasteiger partial charge is 0.486 e. The number of carbonyl (C=O) groups excluding carboxylic acids is 2. The Kier molecular flexibility index (Phi) is 6.53. The summed E-state index contributed by atoms with van der Waals surface area (Å²) in [6, 6.07) is 10.2. The first-order valence-corrected chi connectivity index (χ1v) is 10.9. The van der Waals surface area contributed by atoms with Gasteiger partial charge >= 0.3 is 6.36 Å². The number of piperidine rings is 1. The van der Waals surface area contributed by atoms with Gasteiger partial charge in [-0.05, 0) is 35.9 Å². The van der Waals surface area contributed by atoms with Gasteiger partial charge in [0.25, 0.3) is 5.91 Å². The van der Waals surface area contributed by atoms with Crippen LogP contribution < -0.4 is 15.2 Å². The Bertz CT molecular complexity index is 1030.